The van der Waals surface area contributed by atoms with Gasteiger partial charge in [-0.05, 0) is 42.9 Å². The molecule has 10 heteroatoms. The minimum Gasteiger partial charge on any atom is -0.354 e. The highest BCUT2D eigenvalue weighted by Gasteiger charge is 2.31. The van der Waals surface area contributed by atoms with Crippen molar-refractivity contribution >= 4 is 33.4 Å². The first-order valence-electron chi connectivity index (χ1n) is 9.52. The Bertz CT molecular complexity index is 978. The maximum Gasteiger partial charge on any atom is 0.416 e. The number of carbonyl (C=O) groups excluding carboxylic acids is 1. The number of aryl methyl sites for hydroxylation is 1. The Morgan fingerprint density at radius 2 is 1.81 bits per heavy atom. The first kappa shape index (κ1) is 25.1. The molecule has 0 fully saturated rings. The number of amides is 1. The second kappa shape index (κ2) is 10.9. The Morgan fingerprint density at radius 1 is 1.13 bits per heavy atom. The number of sulfonamides is 1. The molecule has 0 aliphatic carbocycles. The zero-order valence-electron chi connectivity index (χ0n) is 17.3. The molecule has 0 aliphatic rings. The minimum atomic E-state index is -4.61. The van der Waals surface area contributed by atoms with Gasteiger partial charge in [0.15, 0.2) is 0 Å². The molecule has 0 spiro atoms. The SMILES string of the molecule is Cc1ccc(CSCCCNC(=O)CN(c2cccc(C(F)(F)F)c2)S(C)(=O)=O)cc1. The highest BCUT2D eigenvalue weighted by Crippen LogP contribution is 2.32. The van der Waals surface area contributed by atoms with Crippen molar-refractivity contribution in [3.05, 3.63) is 65.2 Å². The van der Waals surface area contributed by atoms with Crippen molar-refractivity contribution in [2.45, 2.75) is 25.3 Å². The van der Waals surface area contributed by atoms with Gasteiger partial charge in [-0.25, -0.2) is 8.42 Å². The van der Waals surface area contributed by atoms with Gasteiger partial charge in [-0.3, -0.25) is 9.10 Å². The van der Waals surface area contributed by atoms with E-state index in [9.17, 15) is 26.4 Å². The molecule has 2 rings (SSSR count). The number of nitrogens with zero attached hydrogens (tertiary/aromatic N) is 1. The van der Waals surface area contributed by atoms with Gasteiger partial charge in [0.1, 0.15) is 6.54 Å². The van der Waals surface area contributed by atoms with Crippen LogP contribution in [0.3, 0.4) is 0 Å². The van der Waals surface area contributed by atoms with Gasteiger partial charge >= 0.3 is 6.18 Å². The van der Waals surface area contributed by atoms with E-state index in [2.05, 4.69) is 17.4 Å². The summed E-state index contributed by atoms with van der Waals surface area (Å²) in [5, 5.41) is 2.63. The molecule has 2 aromatic rings. The number of alkyl halides is 3. The molecule has 0 bridgehead atoms. The van der Waals surface area contributed by atoms with Gasteiger partial charge in [0.25, 0.3) is 0 Å². The normalized spacial score (nSPS) is 11.9. The van der Waals surface area contributed by atoms with E-state index in [1.165, 1.54) is 17.2 Å². The van der Waals surface area contributed by atoms with Crippen LogP contribution < -0.4 is 9.62 Å². The van der Waals surface area contributed by atoms with E-state index in [0.717, 1.165) is 36.0 Å². The van der Waals surface area contributed by atoms with Crippen LogP contribution in [0.4, 0.5) is 18.9 Å². The molecular weight excluding hydrogens is 449 g/mol. The molecule has 0 aromatic heterocycles. The fourth-order valence-electron chi connectivity index (χ4n) is 2.70. The largest absolute Gasteiger partial charge is 0.416 e. The predicted molar refractivity (Wildman–Crippen MR) is 119 cm³/mol. The summed E-state index contributed by atoms with van der Waals surface area (Å²) in [6, 6.07) is 12.1. The van der Waals surface area contributed by atoms with Crippen molar-refractivity contribution in [3.63, 3.8) is 0 Å². The Labute approximate surface area is 185 Å². The second-order valence-corrected chi connectivity index (χ2v) is 10.1. The van der Waals surface area contributed by atoms with Gasteiger partial charge in [-0.2, -0.15) is 24.9 Å². The third-order valence-electron chi connectivity index (χ3n) is 4.33. The molecule has 5 nitrogen and oxygen atoms in total. The maximum absolute atomic E-state index is 12.9. The Balaban J connectivity index is 1.84. The zero-order chi connectivity index (χ0) is 23.1. The van der Waals surface area contributed by atoms with E-state index in [0.29, 0.717) is 17.3 Å². The molecule has 0 unspecified atom stereocenters. The lowest BCUT2D eigenvalue weighted by atomic mass is 10.2. The molecule has 31 heavy (non-hydrogen) atoms. The fraction of sp³-hybridized carbons (Fsp3) is 0.381. The highest BCUT2D eigenvalue weighted by atomic mass is 32.2. The van der Waals surface area contributed by atoms with Crippen molar-refractivity contribution in [1.29, 1.82) is 0 Å². The molecule has 0 saturated carbocycles. The van der Waals surface area contributed by atoms with Crippen LogP contribution in [0.1, 0.15) is 23.1 Å². The predicted octanol–water partition coefficient (Wildman–Crippen LogP) is 4.22. The number of halogens is 3. The van der Waals surface area contributed by atoms with Gasteiger partial charge in [0, 0.05) is 12.3 Å². The average Bonchev–Trinajstić information content (AvgIpc) is 2.68. The third-order valence-corrected chi connectivity index (χ3v) is 6.58. The van der Waals surface area contributed by atoms with Crippen LogP contribution in [0.15, 0.2) is 48.5 Å². The van der Waals surface area contributed by atoms with Crippen molar-refractivity contribution in [2.24, 2.45) is 0 Å². The van der Waals surface area contributed by atoms with E-state index in [4.69, 9.17) is 0 Å². The fourth-order valence-corrected chi connectivity index (χ4v) is 4.47. The van der Waals surface area contributed by atoms with Crippen LogP contribution in [0.25, 0.3) is 0 Å². The van der Waals surface area contributed by atoms with Crippen LogP contribution in [-0.4, -0.2) is 39.4 Å². The molecule has 0 saturated heterocycles. The molecule has 170 valence electrons. The zero-order valence-corrected chi connectivity index (χ0v) is 18.9. The molecular formula is C21H25F3N2O3S2. The first-order valence-corrected chi connectivity index (χ1v) is 12.5. The number of anilines is 1. The van der Waals surface area contributed by atoms with E-state index in [1.54, 1.807) is 11.8 Å². The van der Waals surface area contributed by atoms with E-state index >= 15 is 0 Å². The van der Waals surface area contributed by atoms with Gasteiger partial charge in [-0.1, -0.05) is 35.9 Å². The number of thioether (sulfide) groups is 1. The van der Waals surface area contributed by atoms with E-state index in [-0.39, 0.29) is 5.69 Å². The Kier molecular flexibility index (Phi) is 8.81. The number of hydrogen-bond donors (Lipinski definition) is 1. The summed E-state index contributed by atoms with van der Waals surface area (Å²) in [5.74, 6) is 1.08. The highest BCUT2D eigenvalue weighted by molar-refractivity contribution is 7.98. The molecule has 1 N–H and O–H groups in total. The second-order valence-electron chi connectivity index (χ2n) is 7.06. The summed E-state index contributed by atoms with van der Waals surface area (Å²) >= 11 is 1.72. The van der Waals surface area contributed by atoms with Crippen molar-refractivity contribution in [2.75, 3.05) is 29.4 Å². The summed E-state index contributed by atoms with van der Waals surface area (Å²) in [6.07, 6.45) is -3.08. The Hall–Kier alpha value is -2.20. The molecule has 0 radical (unpaired) electrons. The first-order chi connectivity index (χ1) is 14.5. The smallest absolute Gasteiger partial charge is 0.354 e. The van der Waals surface area contributed by atoms with E-state index in [1.807, 2.05) is 19.1 Å². The summed E-state index contributed by atoms with van der Waals surface area (Å²) < 4.78 is 63.6. The molecule has 0 aliphatic heterocycles. The molecule has 0 atom stereocenters. The van der Waals surface area contributed by atoms with Crippen molar-refractivity contribution in [3.8, 4) is 0 Å². The maximum atomic E-state index is 12.9. The number of rotatable bonds is 10. The number of benzene rings is 2. The molecule has 2 aromatic carbocycles. The lowest BCUT2D eigenvalue weighted by molar-refractivity contribution is -0.137. The standard InChI is InChI=1S/C21H25F3N2O3S2/c1-16-7-9-17(10-8-16)15-30-12-4-11-25-20(27)14-26(31(2,28)29)19-6-3-5-18(13-19)21(22,23)24/h3,5-10,13H,4,11-12,14-15H2,1-2H3,(H,25,27). The van der Waals surface area contributed by atoms with Crippen LogP contribution in [0.5, 0.6) is 0 Å². The van der Waals surface area contributed by atoms with E-state index < -0.39 is 34.2 Å². The summed E-state index contributed by atoms with van der Waals surface area (Å²) in [5.41, 5.74) is 1.22. The number of nitrogens with one attached hydrogen (secondary N) is 1. The van der Waals surface area contributed by atoms with Crippen LogP contribution in [0, 0.1) is 6.92 Å². The average molecular weight is 475 g/mol. The topological polar surface area (TPSA) is 66.5 Å². The van der Waals surface area contributed by atoms with Gasteiger partial charge < -0.3 is 5.32 Å². The summed E-state index contributed by atoms with van der Waals surface area (Å²) in [6.45, 7) is 1.79. The van der Waals surface area contributed by atoms with Crippen LogP contribution in [0.2, 0.25) is 0 Å². The quantitative estimate of drug-likeness (QED) is 0.524. The monoisotopic (exact) mass is 474 g/mol. The lowest BCUT2D eigenvalue weighted by Gasteiger charge is -2.22. The molecule has 0 heterocycles. The van der Waals surface area contributed by atoms with Gasteiger partial charge in [0.05, 0.1) is 17.5 Å². The molecule has 1 amide bonds. The van der Waals surface area contributed by atoms with Crippen LogP contribution >= 0.6 is 11.8 Å². The third kappa shape index (κ3) is 8.45. The number of carbonyl (C=O) groups is 1. The lowest BCUT2D eigenvalue weighted by Crippen LogP contribution is -2.40. The van der Waals surface area contributed by atoms with Crippen LogP contribution in [-0.2, 0) is 26.7 Å². The van der Waals surface area contributed by atoms with Gasteiger partial charge in [0.2, 0.25) is 15.9 Å². The number of hydrogen-bond acceptors (Lipinski definition) is 4. The minimum absolute atomic E-state index is 0.207. The Morgan fingerprint density at radius 3 is 2.42 bits per heavy atom. The summed E-state index contributed by atoms with van der Waals surface area (Å²) in [4.78, 5) is 12.2. The van der Waals surface area contributed by atoms with Crippen molar-refractivity contribution in [1.82, 2.24) is 5.32 Å². The van der Waals surface area contributed by atoms with Gasteiger partial charge in [-0.15, -0.1) is 0 Å². The van der Waals surface area contributed by atoms with Crippen molar-refractivity contribution < 1.29 is 26.4 Å². The summed E-state index contributed by atoms with van der Waals surface area (Å²) in [7, 11) is -3.95.